The van der Waals surface area contributed by atoms with Crippen LogP contribution in [0.3, 0.4) is 0 Å². The molecular formula is C28H35N3. The summed E-state index contributed by atoms with van der Waals surface area (Å²) >= 11 is 0. The van der Waals surface area contributed by atoms with Gasteiger partial charge in [0.15, 0.2) is 0 Å². The fourth-order valence-corrected chi connectivity index (χ4v) is 4.99. The Morgan fingerprint density at radius 1 is 1.23 bits per heavy atom. The molecule has 1 aliphatic rings. The Morgan fingerprint density at radius 2 is 2.03 bits per heavy atom. The third-order valence-electron chi connectivity index (χ3n) is 6.76. The molecule has 2 heterocycles. The van der Waals surface area contributed by atoms with Crippen LogP contribution in [-0.2, 0) is 0 Å². The van der Waals surface area contributed by atoms with Gasteiger partial charge < -0.3 is 10.6 Å². The van der Waals surface area contributed by atoms with Crippen LogP contribution in [0.4, 0.5) is 11.5 Å². The largest absolute Gasteiger partial charge is 0.398 e. The van der Waals surface area contributed by atoms with Crippen molar-refractivity contribution < 1.29 is 0 Å². The lowest BCUT2D eigenvalue weighted by Crippen LogP contribution is -2.20. The van der Waals surface area contributed by atoms with Gasteiger partial charge in [-0.05, 0) is 85.2 Å². The van der Waals surface area contributed by atoms with E-state index in [2.05, 4.69) is 68.6 Å². The summed E-state index contributed by atoms with van der Waals surface area (Å²) in [6, 6.07) is 15.3. The number of anilines is 2. The number of rotatable bonds is 6. The van der Waals surface area contributed by atoms with Crippen LogP contribution in [-0.4, -0.2) is 18.1 Å². The molecule has 1 aromatic heterocycles. The van der Waals surface area contributed by atoms with Crippen LogP contribution in [0, 0.1) is 12.8 Å². The average molecular weight is 414 g/mol. The molecule has 0 aliphatic carbocycles. The van der Waals surface area contributed by atoms with E-state index in [4.69, 9.17) is 10.7 Å². The molecule has 0 amide bonds. The first kappa shape index (κ1) is 21.4. The highest BCUT2D eigenvalue weighted by Gasteiger charge is 2.23. The third-order valence-corrected chi connectivity index (χ3v) is 6.76. The number of nitrogen functional groups attached to an aromatic ring is 1. The second-order valence-corrected chi connectivity index (χ2v) is 9.33. The number of allylic oxidation sites excluding steroid dienone is 1. The van der Waals surface area contributed by atoms with Gasteiger partial charge in [-0.25, -0.2) is 4.98 Å². The highest BCUT2D eigenvalue weighted by Crippen LogP contribution is 2.35. The lowest BCUT2D eigenvalue weighted by atomic mass is 9.88. The van der Waals surface area contributed by atoms with Crippen molar-refractivity contribution in [2.45, 2.75) is 52.9 Å². The van der Waals surface area contributed by atoms with E-state index in [0.29, 0.717) is 0 Å². The van der Waals surface area contributed by atoms with E-state index in [1.54, 1.807) is 0 Å². The highest BCUT2D eigenvalue weighted by molar-refractivity contribution is 5.85. The van der Waals surface area contributed by atoms with E-state index in [9.17, 15) is 0 Å². The minimum absolute atomic E-state index is 0.218. The Hall–Kier alpha value is -2.81. The van der Waals surface area contributed by atoms with Gasteiger partial charge in [0.25, 0.3) is 0 Å². The summed E-state index contributed by atoms with van der Waals surface area (Å²) in [6.07, 6.45) is 3.85. The van der Waals surface area contributed by atoms with E-state index >= 15 is 0 Å². The predicted molar refractivity (Wildman–Crippen MR) is 135 cm³/mol. The molecule has 1 aliphatic heterocycles. The van der Waals surface area contributed by atoms with Crippen LogP contribution in [0.1, 0.15) is 68.2 Å². The normalized spacial score (nSPS) is 17.3. The number of benzene rings is 2. The molecule has 0 spiro atoms. The van der Waals surface area contributed by atoms with Crippen LogP contribution in [0.25, 0.3) is 16.5 Å². The van der Waals surface area contributed by atoms with Gasteiger partial charge in [-0.3, -0.25) is 0 Å². The van der Waals surface area contributed by atoms with Crippen LogP contribution in [0.2, 0.25) is 0 Å². The molecule has 4 rings (SSSR count). The molecule has 0 saturated carbocycles. The van der Waals surface area contributed by atoms with E-state index in [1.807, 2.05) is 13.0 Å². The van der Waals surface area contributed by atoms with Crippen LogP contribution < -0.4 is 10.6 Å². The number of pyridine rings is 1. The molecule has 0 bridgehead atoms. The summed E-state index contributed by atoms with van der Waals surface area (Å²) < 4.78 is 0. The number of fused-ring (bicyclic) bond motifs is 1. The Labute approximate surface area is 187 Å². The lowest BCUT2D eigenvalue weighted by molar-refractivity contribution is 0.529. The van der Waals surface area contributed by atoms with Gasteiger partial charge in [0.1, 0.15) is 5.82 Å². The smallest absolute Gasteiger partial charge is 0.129 e. The van der Waals surface area contributed by atoms with E-state index in [-0.39, 0.29) is 5.92 Å². The summed E-state index contributed by atoms with van der Waals surface area (Å²) in [5.74, 6) is 2.13. The van der Waals surface area contributed by atoms with E-state index in [0.717, 1.165) is 47.2 Å². The molecule has 0 radical (unpaired) electrons. The monoisotopic (exact) mass is 413 g/mol. The summed E-state index contributed by atoms with van der Waals surface area (Å²) in [5, 5.41) is 1.21. The molecule has 3 heteroatoms. The molecule has 2 aromatic carbocycles. The maximum absolute atomic E-state index is 6.19. The molecule has 2 unspecified atom stereocenters. The Balaban J connectivity index is 1.75. The van der Waals surface area contributed by atoms with Crippen molar-refractivity contribution in [2.24, 2.45) is 5.92 Å². The van der Waals surface area contributed by atoms with E-state index < -0.39 is 0 Å². The number of hydrogen-bond acceptors (Lipinski definition) is 3. The topological polar surface area (TPSA) is 42.2 Å². The van der Waals surface area contributed by atoms with Crippen molar-refractivity contribution in [2.75, 3.05) is 23.7 Å². The van der Waals surface area contributed by atoms with Gasteiger partial charge in [-0.15, -0.1) is 0 Å². The molecule has 3 aromatic rings. The first-order valence-corrected chi connectivity index (χ1v) is 11.6. The number of nitrogens with zero attached hydrogens (tertiary/aromatic N) is 2. The lowest BCUT2D eigenvalue weighted by Gasteiger charge is -2.21. The third kappa shape index (κ3) is 4.32. The molecule has 1 fully saturated rings. The number of hydrogen-bond donors (Lipinski definition) is 1. The van der Waals surface area contributed by atoms with Crippen LogP contribution >= 0.6 is 0 Å². The van der Waals surface area contributed by atoms with Crippen LogP contribution in [0.15, 0.2) is 49.0 Å². The highest BCUT2D eigenvalue weighted by atomic mass is 15.2. The van der Waals surface area contributed by atoms with Crippen molar-refractivity contribution in [3.05, 3.63) is 71.3 Å². The molecule has 1 saturated heterocycles. The predicted octanol–water partition coefficient (Wildman–Crippen LogP) is 6.94. The maximum atomic E-state index is 6.19. The Kier molecular flexibility index (Phi) is 6.04. The minimum Gasteiger partial charge on any atom is -0.398 e. The summed E-state index contributed by atoms with van der Waals surface area (Å²) in [6.45, 7) is 15.1. The van der Waals surface area contributed by atoms with Crippen molar-refractivity contribution in [3.63, 3.8) is 0 Å². The average Bonchev–Trinajstić information content (AvgIpc) is 3.21. The minimum atomic E-state index is 0.218. The second kappa shape index (κ2) is 8.74. The van der Waals surface area contributed by atoms with Gasteiger partial charge >= 0.3 is 0 Å². The second-order valence-electron chi connectivity index (χ2n) is 9.33. The first-order chi connectivity index (χ1) is 14.9. The standard InChI is InChI=1S/C28H35N3/c1-6-7-21-12-13-31(17-21)27-11-9-23-14-19(4)15-25(28(23)30-27)20(5)22-8-10-26(29)24(16-22)18(2)3/h8-11,14-16,20-21H,2,6-7,12-13,17,29H2,1,3-5H3. The summed E-state index contributed by atoms with van der Waals surface area (Å²) in [7, 11) is 0. The molecular weight excluding hydrogens is 378 g/mol. The molecule has 2 atom stereocenters. The zero-order chi connectivity index (χ0) is 22.1. The van der Waals surface area contributed by atoms with Crippen molar-refractivity contribution in [1.29, 1.82) is 0 Å². The SMILES string of the molecule is C=C(C)c1cc(C(C)c2cc(C)cc3ccc(N4CCC(CCC)C4)nc23)ccc1N. The fourth-order valence-electron chi connectivity index (χ4n) is 4.99. The number of aryl methyl sites for hydroxylation is 1. The van der Waals surface area contributed by atoms with Crippen LogP contribution in [0.5, 0.6) is 0 Å². The van der Waals surface area contributed by atoms with Crippen molar-refractivity contribution >= 4 is 28.0 Å². The van der Waals surface area contributed by atoms with Gasteiger partial charge in [0, 0.05) is 30.1 Å². The summed E-state index contributed by atoms with van der Waals surface area (Å²) in [5.41, 5.74) is 13.9. The first-order valence-electron chi connectivity index (χ1n) is 11.6. The maximum Gasteiger partial charge on any atom is 0.129 e. The molecule has 162 valence electrons. The van der Waals surface area contributed by atoms with Crippen molar-refractivity contribution in [3.8, 4) is 0 Å². The number of nitrogens with two attached hydrogens (primary N) is 1. The summed E-state index contributed by atoms with van der Waals surface area (Å²) in [4.78, 5) is 7.67. The Bertz CT molecular complexity index is 1110. The fraction of sp³-hybridized carbons (Fsp3) is 0.393. The quantitative estimate of drug-likeness (QED) is 0.445. The molecule has 3 nitrogen and oxygen atoms in total. The van der Waals surface area contributed by atoms with Gasteiger partial charge in [-0.1, -0.05) is 44.5 Å². The zero-order valence-electron chi connectivity index (χ0n) is 19.4. The molecule has 2 N–H and O–H groups in total. The van der Waals surface area contributed by atoms with Gasteiger partial charge in [-0.2, -0.15) is 0 Å². The molecule has 31 heavy (non-hydrogen) atoms. The van der Waals surface area contributed by atoms with Gasteiger partial charge in [0.05, 0.1) is 5.52 Å². The Morgan fingerprint density at radius 3 is 2.77 bits per heavy atom. The van der Waals surface area contributed by atoms with Gasteiger partial charge in [0.2, 0.25) is 0 Å². The van der Waals surface area contributed by atoms with Crippen molar-refractivity contribution in [1.82, 2.24) is 4.98 Å². The van der Waals surface area contributed by atoms with E-state index in [1.165, 1.54) is 41.3 Å². The zero-order valence-corrected chi connectivity index (χ0v) is 19.4. The number of aromatic nitrogens is 1.